The normalized spacial score (nSPS) is 9.85. The standard InChI is InChI=1S/C23H26N2O.C15H24O.C8H3N3O2/c1-3-4-5-6-7-8-9-10-19-11-14-21(15-12-19)26-22-16-13-20(18-24)23(17-22)25-2;1-2-3-4-5-6-7-8-9-14-10-12-15(16)13-11-14;9-4-6-1-2-8(11(12)13)3-7(6)5-10/h11-17H,3-10H2,1H3;10-13,16H,2-9H2,1H3;1-3H. The SMILES string of the molecule is CCCCCCCCCc1ccc(O)cc1.N#Cc1ccc([N+](=O)[O-])cc1C#N.[C-]#[N+]c1cc(Oc2ccc(CCCCCCCCC)cc2)ccc1C#N. The molecule has 9 nitrogen and oxygen atoms in total. The van der Waals surface area contributed by atoms with Crippen LogP contribution in [0.3, 0.4) is 0 Å². The van der Waals surface area contributed by atoms with Gasteiger partial charge in [0.15, 0.2) is 0 Å². The fourth-order valence-electron chi connectivity index (χ4n) is 5.69. The van der Waals surface area contributed by atoms with E-state index in [-0.39, 0.29) is 16.8 Å². The number of rotatable bonds is 19. The number of nitriles is 3. The Morgan fingerprint density at radius 2 is 1.07 bits per heavy atom. The van der Waals surface area contributed by atoms with Gasteiger partial charge in [0, 0.05) is 12.1 Å². The summed E-state index contributed by atoms with van der Waals surface area (Å²) in [7, 11) is 0. The number of nitro benzene ring substituents is 1. The fourth-order valence-corrected chi connectivity index (χ4v) is 5.69. The monoisotopic (exact) mass is 739 g/mol. The Balaban J connectivity index is 0.000000308. The highest BCUT2D eigenvalue weighted by atomic mass is 16.6. The van der Waals surface area contributed by atoms with E-state index in [1.54, 1.807) is 42.5 Å². The first kappa shape index (κ1) is 45.0. The topological polar surface area (TPSA) is 148 Å². The molecule has 0 aromatic heterocycles. The van der Waals surface area contributed by atoms with E-state index in [9.17, 15) is 10.1 Å². The van der Waals surface area contributed by atoms with Gasteiger partial charge in [-0.2, -0.15) is 15.8 Å². The lowest BCUT2D eigenvalue weighted by Gasteiger charge is -2.08. The van der Waals surface area contributed by atoms with E-state index in [4.69, 9.17) is 32.2 Å². The minimum absolute atomic E-state index is 0.0247. The lowest BCUT2D eigenvalue weighted by molar-refractivity contribution is -0.384. The quantitative estimate of drug-likeness (QED) is 0.0435. The predicted octanol–water partition coefficient (Wildman–Crippen LogP) is 13.2. The molecule has 4 aromatic carbocycles. The minimum atomic E-state index is -0.609. The Morgan fingerprint density at radius 1 is 0.618 bits per heavy atom. The maximum absolute atomic E-state index is 10.3. The first-order valence-corrected chi connectivity index (χ1v) is 19.3. The van der Waals surface area contributed by atoms with Crippen LogP contribution in [0, 0.1) is 50.7 Å². The van der Waals surface area contributed by atoms with Crippen molar-refractivity contribution in [2.24, 2.45) is 0 Å². The van der Waals surface area contributed by atoms with Crippen molar-refractivity contribution in [3.63, 3.8) is 0 Å². The Hall–Kier alpha value is -6.16. The van der Waals surface area contributed by atoms with Crippen LogP contribution in [-0.2, 0) is 12.8 Å². The zero-order chi connectivity index (χ0) is 40.1. The second-order valence-corrected chi connectivity index (χ2v) is 13.3. The number of nitrogens with zero attached hydrogens (tertiary/aromatic N) is 5. The van der Waals surface area contributed by atoms with E-state index in [0.29, 0.717) is 22.7 Å². The summed E-state index contributed by atoms with van der Waals surface area (Å²) >= 11 is 0. The maximum Gasteiger partial charge on any atom is 0.270 e. The number of ether oxygens (including phenoxy) is 1. The van der Waals surface area contributed by atoms with Crippen molar-refractivity contribution < 1.29 is 14.8 Å². The van der Waals surface area contributed by atoms with Gasteiger partial charge in [-0.3, -0.25) is 10.1 Å². The van der Waals surface area contributed by atoms with Gasteiger partial charge in [-0.05, 0) is 79.3 Å². The zero-order valence-electron chi connectivity index (χ0n) is 32.3. The molecule has 0 saturated heterocycles. The summed E-state index contributed by atoms with van der Waals surface area (Å²) in [5, 5.41) is 45.4. The third kappa shape index (κ3) is 18.4. The van der Waals surface area contributed by atoms with Crippen LogP contribution >= 0.6 is 0 Å². The third-order valence-corrected chi connectivity index (χ3v) is 8.90. The summed E-state index contributed by atoms with van der Waals surface area (Å²) in [6.45, 7) is 11.6. The molecule has 0 heterocycles. The molecule has 1 N–H and O–H groups in total. The van der Waals surface area contributed by atoms with Crippen molar-refractivity contribution in [1.82, 2.24) is 0 Å². The predicted molar refractivity (Wildman–Crippen MR) is 218 cm³/mol. The largest absolute Gasteiger partial charge is 0.508 e. The fraction of sp³-hybridized carbons (Fsp3) is 0.391. The van der Waals surface area contributed by atoms with Gasteiger partial charge in [-0.1, -0.05) is 121 Å². The number of non-ortho nitro benzene ring substituents is 1. The lowest BCUT2D eigenvalue weighted by Crippen LogP contribution is -1.90. The summed E-state index contributed by atoms with van der Waals surface area (Å²) in [6.07, 6.45) is 21.0. The first-order chi connectivity index (χ1) is 26.8. The molecule has 0 saturated carbocycles. The number of aryl methyl sites for hydroxylation is 2. The molecule has 0 radical (unpaired) electrons. The van der Waals surface area contributed by atoms with E-state index in [1.807, 2.05) is 30.3 Å². The summed E-state index contributed by atoms with van der Waals surface area (Å²) < 4.78 is 5.80. The van der Waals surface area contributed by atoms with Crippen molar-refractivity contribution in [1.29, 1.82) is 15.8 Å². The Morgan fingerprint density at radius 3 is 1.55 bits per heavy atom. The van der Waals surface area contributed by atoms with E-state index < -0.39 is 4.92 Å². The lowest BCUT2D eigenvalue weighted by atomic mass is 10.0. The van der Waals surface area contributed by atoms with E-state index in [2.05, 4.69) is 30.8 Å². The first-order valence-electron chi connectivity index (χ1n) is 19.3. The molecular weight excluding hydrogens is 687 g/mol. The van der Waals surface area contributed by atoms with Crippen LogP contribution in [0.4, 0.5) is 11.4 Å². The molecule has 0 spiro atoms. The smallest absolute Gasteiger partial charge is 0.270 e. The summed E-state index contributed by atoms with van der Waals surface area (Å²) in [4.78, 5) is 13.0. The van der Waals surface area contributed by atoms with E-state index in [1.165, 1.54) is 113 Å². The molecule has 0 aliphatic rings. The van der Waals surface area contributed by atoms with Crippen molar-refractivity contribution in [3.8, 4) is 35.5 Å². The Bertz CT molecular complexity index is 1900. The molecule has 286 valence electrons. The number of hydrogen-bond donors (Lipinski definition) is 1. The van der Waals surface area contributed by atoms with Crippen LogP contribution in [0.2, 0.25) is 0 Å². The molecule has 0 aliphatic heterocycles. The molecule has 0 amide bonds. The highest BCUT2D eigenvalue weighted by Gasteiger charge is 2.10. The highest BCUT2D eigenvalue weighted by molar-refractivity contribution is 5.61. The molecule has 55 heavy (non-hydrogen) atoms. The van der Waals surface area contributed by atoms with Gasteiger partial charge in [0.25, 0.3) is 5.69 Å². The van der Waals surface area contributed by atoms with Crippen molar-refractivity contribution >= 4 is 11.4 Å². The third-order valence-electron chi connectivity index (χ3n) is 8.90. The van der Waals surface area contributed by atoms with E-state index >= 15 is 0 Å². The highest BCUT2D eigenvalue weighted by Crippen LogP contribution is 2.29. The molecule has 4 rings (SSSR count). The summed E-state index contributed by atoms with van der Waals surface area (Å²) in [5.74, 6) is 1.69. The van der Waals surface area contributed by atoms with Crippen LogP contribution in [0.25, 0.3) is 4.85 Å². The number of phenols is 1. The Kier molecular flexibility index (Phi) is 22.5. The van der Waals surface area contributed by atoms with Crippen LogP contribution < -0.4 is 4.74 Å². The van der Waals surface area contributed by atoms with Gasteiger partial charge in [0.05, 0.1) is 34.3 Å². The molecule has 4 aromatic rings. The zero-order valence-corrected chi connectivity index (χ0v) is 32.3. The van der Waals surface area contributed by atoms with Gasteiger partial charge >= 0.3 is 0 Å². The van der Waals surface area contributed by atoms with Gasteiger partial charge in [0.2, 0.25) is 5.69 Å². The van der Waals surface area contributed by atoms with Gasteiger partial charge in [0.1, 0.15) is 29.4 Å². The van der Waals surface area contributed by atoms with Gasteiger partial charge in [-0.15, -0.1) is 0 Å². The molecule has 0 fully saturated rings. The molecule has 0 bridgehead atoms. The van der Waals surface area contributed by atoms with Crippen molar-refractivity contribution in [3.05, 3.63) is 134 Å². The number of unbranched alkanes of at least 4 members (excludes halogenated alkanes) is 12. The van der Waals surface area contributed by atoms with Crippen LogP contribution in [-0.4, -0.2) is 10.0 Å². The van der Waals surface area contributed by atoms with Gasteiger partial charge in [-0.25, -0.2) is 4.85 Å². The second-order valence-electron chi connectivity index (χ2n) is 13.3. The average molecular weight is 740 g/mol. The number of aromatic hydroxyl groups is 1. The van der Waals surface area contributed by atoms with E-state index in [0.717, 1.165) is 24.7 Å². The molecular formula is C46H53N5O4. The molecule has 9 heteroatoms. The number of nitro groups is 1. The molecule has 0 aliphatic carbocycles. The van der Waals surface area contributed by atoms with Crippen LogP contribution in [0.5, 0.6) is 17.2 Å². The van der Waals surface area contributed by atoms with Crippen LogP contribution in [0.15, 0.2) is 84.9 Å². The minimum Gasteiger partial charge on any atom is -0.508 e. The van der Waals surface area contributed by atoms with Gasteiger partial charge < -0.3 is 9.84 Å². The molecule has 0 unspecified atom stereocenters. The maximum atomic E-state index is 10.3. The summed E-state index contributed by atoms with van der Waals surface area (Å²) in [6, 6.07) is 29.7. The number of hydrogen-bond acceptors (Lipinski definition) is 7. The van der Waals surface area contributed by atoms with Crippen molar-refractivity contribution in [2.45, 2.75) is 117 Å². The summed E-state index contributed by atoms with van der Waals surface area (Å²) in [5.41, 5.74) is 3.34. The number of benzene rings is 4. The van der Waals surface area contributed by atoms with Crippen LogP contribution in [0.1, 0.15) is 132 Å². The average Bonchev–Trinajstić information content (AvgIpc) is 3.21. The second kappa shape index (κ2) is 27.4. The van der Waals surface area contributed by atoms with Crippen molar-refractivity contribution in [2.75, 3.05) is 0 Å². The molecule has 0 atom stereocenters. The Labute approximate surface area is 327 Å². The number of phenolic OH excluding ortho intramolecular Hbond substituents is 1.